The van der Waals surface area contributed by atoms with Crippen LogP contribution in [0.25, 0.3) is 0 Å². The Bertz CT molecular complexity index is 576. The highest BCUT2D eigenvalue weighted by atomic mass is 16.2. The lowest BCUT2D eigenvalue weighted by Gasteiger charge is -2.52. The van der Waals surface area contributed by atoms with E-state index < -0.39 is 0 Å². The van der Waals surface area contributed by atoms with Gasteiger partial charge in [-0.15, -0.1) is 0 Å². The molecule has 0 spiro atoms. The molecule has 0 aromatic carbocycles. The molecule has 0 aromatic heterocycles. The monoisotopic (exact) mass is 405 g/mol. The Balaban J connectivity index is 1.76. The van der Waals surface area contributed by atoms with Gasteiger partial charge in [-0.1, -0.05) is 20.8 Å². The number of amides is 2. The number of hydrogen-bond donors (Lipinski definition) is 1. The van der Waals surface area contributed by atoms with E-state index in [1.165, 1.54) is 6.42 Å². The average molecular weight is 406 g/mol. The van der Waals surface area contributed by atoms with Gasteiger partial charge in [-0.05, 0) is 69.6 Å². The van der Waals surface area contributed by atoms with Crippen molar-refractivity contribution in [1.82, 2.24) is 15.1 Å². The lowest BCUT2D eigenvalue weighted by molar-refractivity contribution is -0.142. The topological polar surface area (TPSA) is 52.7 Å². The molecule has 1 N–H and O–H groups in total. The van der Waals surface area contributed by atoms with Gasteiger partial charge in [-0.2, -0.15) is 0 Å². The van der Waals surface area contributed by atoms with E-state index in [1.54, 1.807) is 0 Å². The Morgan fingerprint density at radius 2 is 1.76 bits per heavy atom. The molecule has 0 aromatic rings. The Morgan fingerprint density at radius 1 is 1.00 bits per heavy atom. The van der Waals surface area contributed by atoms with Gasteiger partial charge >= 0.3 is 0 Å². The van der Waals surface area contributed by atoms with Gasteiger partial charge < -0.3 is 15.1 Å². The van der Waals surface area contributed by atoms with Gasteiger partial charge in [0.15, 0.2) is 0 Å². The second-order valence-electron chi connectivity index (χ2n) is 10.7. The van der Waals surface area contributed by atoms with Crippen molar-refractivity contribution in [3.05, 3.63) is 0 Å². The van der Waals surface area contributed by atoms with Crippen molar-refractivity contribution in [3.8, 4) is 0 Å². The van der Waals surface area contributed by atoms with E-state index in [0.717, 1.165) is 45.3 Å². The van der Waals surface area contributed by atoms with Crippen LogP contribution in [0.1, 0.15) is 79.6 Å². The summed E-state index contributed by atoms with van der Waals surface area (Å²) in [6.45, 7) is 14.3. The van der Waals surface area contributed by atoms with Crippen molar-refractivity contribution < 1.29 is 9.59 Å². The average Bonchev–Trinajstić information content (AvgIpc) is 2.66. The van der Waals surface area contributed by atoms with Crippen LogP contribution in [0.3, 0.4) is 0 Å². The lowest BCUT2D eigenvalue weighted by Crippen LogP contribution is -2.60. The smallest absolute Gasteiger partial charge is 0.223 e. The first-order valence-electron chi connectivity index (χ1n) is 12.1. The van der Waals surface area contributed by atoms with Crippen LogP contribution in [0.15, 0.2) is 0 Å². The van der Waals surface area contributed by atoms with Gasteiger partial charge in [0, 0.05) is 50.6 Å². The minimum Gasteiger partial charge on any atom is -0.353 e. The van der Waals surface area contributed by atoms with Gasteiger partial charge in [-0.25, -0.2) is 0 Å². The summed E-state index contributed by atoms with van der Waals surface area (Å²) in [4.78, 5) is 30.7. The highest BCUT2D eigenvalue weighted by Gasteiger charge is 2.43. The number of nitrogens with one attached hydrogen (secondary N) is 1. The molecule has 3 saturated heterocycles. The fourth-order valence-electron chi connectivity index (χ4n) is 5.77. The first-order valence-corrected chi connectivity index (χ1v) is 12.1. The van der Waals surface area contributed by atoms with E-state index in [-0.39, 0.29) is 11.9 Å². The molecule has 0 aliphatic carbocycles. The predicted octanol–water partition coefficient (Wildman–Crippen LogP) is 3.67. The summed E-state index contributed by atoms with van der Waals surface area (Å²) in [5.41, 5.74) is 0. The van der Waals surface area contributed by atoms with E-state index in [9.17, 15) is 9.59 Å². The fourth-order valence-corrected chi connectivity index (χ4v) is 5.77. The number of likely N-dealkylation sites (tertiary alicyclic amines) is 1. The maximum absolute atomic E-state index is 13.3. The van der Waals surface area contributed by atoms with E-state index in [4.69, 9.17) is 0 Å². The summed E-state index contributed by atoms with van der Waals surface area (Å²) < 4.78 is 0. The van der Waals surface area contributed by atoms with Crippen LogP contribution in [0.2, 0.25) is 0 Å². The zero-order chi connectivity index (χ0) is 21.1. The molecule has 0 unspecified atom stereocenters. The minimum absolute atomic E-state index is 0.189. The van der Waals surface area contributed by atoms with Crippen molar-refractivity contribution in [1.29, 1.82) is 0 Å². The molecule has 2 bridgehead atoms. The van der Waals surface area contributed by atoms with Crippen LogP contribution in [0.4, 0.5) is 0 Å². The molecule has 2 amide bonds. The van der Waals surface area contributed by atoms with Gasteiger partial charge in [-0.3, -0.25) is 9.59 Å². The molecule has 0 radical (unpaired) electrons. The third kappa shape index (κ3) is 5.74. The van der Waals surface area contributed by atoms with E-state index in [0.29, 0.717) is 54.5 Å². The zero-order valence-corrected chi connectivity index (χ0v) is 19.3. The SMILES string of the molecule is CC(C)[C@@H]1CC[C@@H](C)CC(=O)N2C[C@H]3C[C@@H](CN(C(C)C)C3)[C@@H]2CCCC(=O)N1. The van der Waals surface area contributed by atoms with Crippen molar-refractivity contribution in [2.45, 2.75) is 97.7 Å². The summed E-state index contributed by atoms with van der Waals surface area (Å²) in [6.07, 6.45) is 6.29. The molecular weight excluding hydrogens is 362 g/mol. The molecule has 3 fully saturated rings. The largest absolute Gasteiger partial charge is 0.353 e. The number of piperidine rings is 2. The van der Waals surface area contributed by atoms with Crippen LogP contribution < -0.4 is 5.32 Å². The summed E-state index contributed by atoms with van der Waals surface area (Å²) in [5, 5.41) is 3.28. The van der Waals surface area contributed by atoms with Crippen molar-refractivity contribution >= 4 is 11.8 Å². The number of hydrogen-bond acceptors (Lipinski definition) is 3. The second-order valence-corrected chi connectivity index (χ2v) is 10.7. The molecular formula is C24H43N3O2. The fraction of sp³-hybridized carbons (Fsp3) is 0.917. The van der Waals surface area contributed by atoms with Gasteiger partial charge in [0.05, 0.1) is 0 Å². The molecule has 3 aliphatic rings. The van der Waals surface area contributed by atoms with Gasteiger partial charge in [0.25, 0.3) is 0 Å². The summed E-state index contributed by atoms with van der Waals surface area (Å²) >= 11 is 0. The third-order valence-electron chi connectivity index (χ3n) is 7.60. The van der Waals surface area contributed by atoms with Crippen LogP contribution in [-0.2, 0) is 9.59 Å². The van der Waals surface area contributed by atoms with Gasteiger partial charge in [0.1, 0.15) is 0 Å². The van der Waals surface area contributed by atoms with Crippen LogP contribution in [0.5, 0.6) is 0 Å². The third-order valence-corrected chi connectivity index (χ3v) is 7.60. The molecule has 3 aliphatic heterocycles. The zero-order valence-electron chi connectivity index (χ0n) is 19.3. The van der Waals surface area contributed by atoms with E-state index in [2.05, 4.69) is 49.7 Å². The molecule has 3 rings (SSSR count). The number of fused-ring (bicyclic) bond motifs is 4. The van der Waals surface area contributed by atoms with Crippen LogP contribution >= 0.6 is 0 Å². The van der Waals surface area contributed by atoms with Crippen molar-refractivity contribution in [2.24, 2.45) is 23.7 Å². The summed E-state index contributed by atoms with van der Waals surface area (Å²) in [5.74, 6) is 2.51. The highest BCUT2D eigenvalue weighted by molar-refractivity contribution is 5.77. The quantitative estimate of drug-likeness (QED) is 0.762. The summed E-state index contributed by atoms with van der Waals surface area (Å²) in [6, 6.07) is 1.10. The highest BCUT2D eigenvalue weighted by Crippen LogP contribution is 2.37. The second kappa shape index (κ2) is 9.80. The molecule has 29 heavy (non-hydrogen) atoms. The molecule has 3 heterocycles. The Kier molecular flexibility index (Phi) is 7.63. The van der Waals surface area contributed by atoms with Gasteiger partial charge in [0.2, 0.25) is 11.8 Å². The maximum atomic E-state index is 13.3. The molecule has 5 heteroatoms. The predicted molar refractivity (Wildman–Crippen MR) is 117 cm³/mol. The Hall–Kier alpha value is -1.10. The Morgan fingerprint density at radius 3 is 2.45 bits per heavy atom. The Labute approximate surface area is 178 Å². The van der Waals surface area contributed by atoms with Crippen LogP contribution in [0, 0.1) is 23.7 Å². The molecule has 166 valence electrons. The standard InChI is InChI=1S/C24H43N3O2/c1-16(2)21-10-9-18(5)11-24(29)27-14-19-12-20(15-26(13-19)17(3)4)22(27)7-6-8-23(28)25-21/h16-22H,6-15H2,1-5H3,(H,25,28)/t18-,19+,20+,21+,22+/m1/s1. The summed E-state index contributed by atoms with van der Waals surface area (Å²) in [7, 11) is 0. The first-order chi connectivity index (χ1) is 13.7. The maximum Gasteiger partial charge on any atom is 0.223 e. The lowest BCUT2D eigenvalue weighted by atomic mass is 9.77. The number of nitrogens with zero attached hydrogens (tertiary/aromatic N) is 2. The van der Waals surface area contributed by atoms with Crippen molar-refractivity contribution in [2.75, 3.05) is 19.6 Å². The molecule has 0 saturated carbocycles. The molecule has 5 nitrogen and oxygen atoms in total. The van der Waals surface area contributed by atoms with Crippen molar-refractivity contribution in [3.63, 3.8) is 0 Å². The number of carbonyl (C=O) groups is 2. The molecule has 5 atom stereocenters. The number of rotatable bonds is 2. The minimum atomic E-state index is 0.189. The van der Waals surface area contributed by atoms with E-state index in [1.807, 2.05) is 0 Å². The van der Waals surface area contributed by atoms with Crippen LogP contribution in [-0.4, -0.2) is 59.4 Å². The van der Waals surface area contributed by atoms with E-state index >= 15 is 0 Å². The number of carbonyl (C=O) groups excluding carboxylic acids is 2. The normalized spacial score (nSPS) is 35.6. The first kappa shape index (κ1) is 22.6.